The minimum atomic E-state index is -0.670. The number of amides is 1. The third kappa shape index (κ3) is 4.14. The number of benzene rings is 1. The molecule has 0 radical (unpaired) electrons. The van der Waals surface area contributed by atoms with E-state index in [2.05, 4.69) is 19.5 Å². The molecule has 1 aliphatic heterocycles. The fourth-order valence-corrected chi connectivity index (χ4v) is 3.09. The van der Waals surface area contributed by atoms with Crippen LogP contribution in [-0.2, 0) is 0 Å². The van der Waals surface area contributed by atoms with Gasteiger partial charge in [0.15, 0.2) is 5.49 Å². The molecular weight excluding hydrogens is 380 g/mol. The van der Waals surface area contributed by atoms with Crippen LogP contribution in [0.5, 0.6) is 5.75 Å². The molecule has 0 unspecified atom stereocenters. The van der Waals surface area contributed by atoms with Gasteiger partial charge in [0.1, 0.15) is 18.2 Å². The molecule has 28 heavy (non-hydrogen) atoms. The highest BCUT2D eigenvalue weighted by Gasteiger charge is 2.24. The van der Waals surface area contributed by atoms with Gasteiger partial charge in [-0.05, 0) is 38.1 Å². The molecule has 10 nitrogen and oxygen atoms in total. The van der Waals surface area contributed by atoms with Gasteiger partial charge in [-0.3, -0.25) is 9.47 Å². The number of hydrogen-bond donors (Lipinski definition) is 5. The van der Waals surface area contributed by atoms with Crippen LogP contribution in [0.1, 0.15) is 29.8 Å². The zero-order chi connectivity index (χ0) is 20.3. The predicted octanol–water partition coefficient (Wildman–Crippen LogP) is 0.258. The Kier molecular flexibility index (Phi) is 5.36. The van der Waals surface area contributed by atoms with E-state index in [-0.39, 0.29) is 18.0 Å². The second-order valence-electron chi connectivity index (χ2n) is 6.79. The first-order valence-electron chi connectivity index (χ1n) is 8.36. The molecule has 0 atom stereocenters. The fraction of sp³-hybridized carbons (Fsp3) is 0.235. The van der Waals surface area contributed by atoms with E-state index in [0.29, 0.717) is 22.7 Å². The van der Waals surface area contributed by atoms with E-state index in [1.54, 1.807) is 6.07 Å². The van der Waals surface area contributed by atoms with Gasteiger partial charge in [-0.25, -0.2) is 0 Å². The van der Waals surface area contributed by atoms with Crippen LogP contribution < -0.4 is 37.7 Å². The molecule has 11 heteroatoms. The van der Waals surface area contributed by atoms with Crippen molar-refractivity contribution < 1.29 is 9.53 Å². The number of ether oxygens (including phenoxy) is 1. The zero-order valence-electron chi connectivity index (χ0n) is 15.5. The van der Waals surface area contributed by atoms with Crippen LogP contribution in [0.15, 0.2) is 46.0 Å². The first kappa shape index (κ1) is 19.4. The monoisotopic (exact) mass is 402 g/mol. The van der Waals surface area contributed by atoms with E-state index in [9.17, 15) is 4.79 Å². The Labute approximate surface area is 166 Å². The first-order valence-corrected chi connectivity index (χ1v) is 9.14. The number of pyridine rings is 1. The molecule has 8 N–H and O–H groups in total. The third-order valence-electron chi connectivity index (χ3n) is 3.98. The normalized spacial score (nSPS) is 13.9. The Morgan fingerprint density at radius 2 is 2.21 bits per heavy atom. The van der Waals surface area contributed by atoms with Crippen LogP contribution in [0.4, 0.5) is 5.69 Å². The van der Waals surface area contributed by atoms with E-state index < -0.39 is 5.54 Å². The van der Waals surface area contributed by atoms with Gasteiger partial charge in [-0.1, -0.05) is 6.07 Å². The van der Waals surface area contributed by atoms with E-state index in [0.717, 1.165) is 17.8 Å². The van der Waals surface area contributed by atoms with E-state index in [1.807, 2.05) is 32.0 Å². The molecule has 1 aromatic carbocycles. The maximum Gasteiger partial charge on any atom is 0.252 e. The van der Waals surface area contributed by atoms with Crippen molar-refractivity contribution in [2.45, 2.75) is 19.4 Å². The number of nitrogens with one attached hydrogen (secondary N) is 2. The smallest absolute Gasteiger partial charge is 0.252 e. The lowest BCUT2D eigenvalue weighted by Crippen LogP contribution is -2.48. The third-order valence-corrected chi connectivity index (χ3v) is 4.58. The Bertz CT molecular complexity index is 999. The second-order valence-corrected chi connectivity index (χ2v) is 7.35. The average Bonchev–Trinajstić information content (AvgIpc) is 2.66. The minimum absolute atomic E-state index is 0.216. The van der Waals surface area contributed by atoms with Crippen molar-refractivity contribution in [2.24, 2.45) is 21.1 Å². The molecule has 1 aromatic heterocycles. The number of carbonyl (C=O) groups excluding carboxylic acids is 1. The van der Waals surface area contributed by atoms with Gasteiger partial charge >= 0.3 is 0 Å². The van der Waals surface area contributed by atoms with Gasteiger partial charge in [-0.2, -0.15) is 9.50 Å². The van der Waals surface area contributed by atoms with Crippen molar-refractivity contribution in [3.8, 4) is 5.75 Å². The lowest BCUT2D eigenvalue weighted by molar-refractivity contribution is 0.0880. The second kappa shape index (κ2) is 7.72. The number of aromatic nitrogens is 1. The van der Waals surface area contributed by atoms with Gasteiger partial charge in [0.2, 0.25) is 0 Å². The number of anilines is 1. The number of nitrogens with two attached hydrogens (primary N) is 3. The van der Waals surface area contributed by atoms with Crippen molar-refractivity contribution in [1.82, 2.24) is 9.99 Å². The molecule has 1 aliphatic rings. The topological polar surface area (TPSA) is 158 Å². The van der Waals surface area contributed by atoms with Gasteiger partial charge in [-0.15, -0.1) is 0 Å². The number of fused-ring (bicyclic) bond motifs is 1. The molecule has 0 aliphatic carbocycles. The van der Waals surface area contributed by atoms with Crippen LogP contribution in [0.2, 0.25) is 0 Å². The molecule has 0 spiro atoms. The predicted molar refractivity (Wildman–Crippen MR) is 110 cm³/mol. The van der Waals surface area contributed by atoms with Crippen molar-refractivity contribution in [1.29, 1.82) is 0 Å². The maximum absolute atomic E-state index is 12.6. The number of nitrogens with zero attached hydrogens (tertiary/aromatic N) is 3. The van der Waals surface area contributed by atoms with Crippen molar-refractivity contribution in [3.63, 3.8) is 0 Å². The molecule has 0 saturated heterocycles. The Hall–Kier alpha value is -3.34. The average molecular weight is 402 g/mol. The summed E-state index contributed by atoms with van der Waals surface area (Å²) in [7, 11) is 0. The summed E-state index contributed by atoms with van der Waals surface area (Å²) in [6.45, 7) is 3.92. The van der Waals surface area contributed by atoms with Gasteiger partial charge in [0, 0.05) is 11.8 Å². The zero-order valence-corrected chi connectivity index (χ0v) is 16.3. The van der Waals surface area contributed by atoms with Crippen LogP contribution in [0, 0.1) is 0 Å². The lowest BCUT2D eigenvalue weighted by Gasteiger charge is -2.27. The molecule has 2 heterocycles. The Morgan fingerprint density at radius 3 is 2.96 bits per heavy atom. The molecule has 0 fully saturated rings. The highest BCUT2D eigenvalue weighted by Crippen LogP contribution is 2.32. The molecule has 148 valence electrons. The number of nitrogen functional groups attached to an aromatic ring is 1. The summed E-state index contributed by atoms with van der Waals surface area (Å²) in [5.74, 6) is 11.6. The number of carbonyl (C=O) groups is 1. The molecule has 2 aromatic rings. The first-order chi connectivity index (χ1) is 13.3. The summed E-state index contributed by atoms with van der Waals surface area (Å²) in [6, 6.07) is 8.64. The largest absolute Gasteiger partial charge is 0.490 e. The van der Waals surface area contributed by atoms with Crippen molar-refractivity contribution in [2.75, 3.05) is 17.2 Å². The number of amidine groups is 1. The van der Waals surface area contributed by atoms with Crippen molar-refractivity contribution >= 4 is 29.6 Å². The summed E-state index contributed by atoms with van der Waals surface area (Å²) in [4.78, 5) is 12.6. The van der Waals surface area contributed by atoms with Gasteiger partial charge < -0.3 is 32.2 Å². The summed E-state index contributed by atoms with van der Waals surface area (Å²) >= 11 is 1.16. The highest BCUT2D eigenvalue weighted by atomic mass is 32.2. The summed E-state index contributed by atoms with van der Waals surface area (Å²) < 4.78 is 14.4. The van der Waals surface area contributed by atoms with E-state index in [4.69, 9.17) is 22.2 Å². The van der Waals surface area contributed by atoms with E-state index in [1.165, 1.54) is 16.9 Å². The number of hydrogen-bond acceptors (Lipinski definition) is 9. The Balaban J connectivity index is 1.72. The van der Waals surface area contributed by atoms with Crippen LogP contribution in [-0.4, -0.2) is 28.6 Å². The molecular formula is C17H22N8O2S. The van der Waals surface area contributed by atoms with Crippen LogP contribution in [0.25, 0.3) is 0 Å². The molecule has 1 amide bonds. The lowest BCUT2D eigenvalue weighted by atomic mass is 10.1. The highest BCUT2D eigenvalue weighted by molar-refractivity contribution is 7.99. The van der Waals surface area contributed by atoms with Gasteiger partial charge in [0.25, 0.3) is 5.91 Å². The quantitative estimate of drug-likeness (QED) is 0.272. The molecule has 0 bridgehead atoms. The maximum atomic E-state index is 12.6. The Morgan fingerprint density at radius 1 is 1.43 bits per heavy atom. The number of rotatable bonds is 5. The van der Waals surface area contributed by atoms with E-state index >= 15 is 0 Å². The fourth-order valence-electron chi connectivity index (χ4n) is 2.59. The minimum Gasteiger partial charge on any atom is -0.490 e. The van der Waals surface area contributed by atoms with Crippen molar-refractivity contribution in [3.05, 3.63) is 53.1 Å². The standard InChI is InChI=1S/C17H22N8O2S/c1-17(2,21-16(26)10-6-7-25(20)13(8-10)22-19)9-27-12-5-3-4-11-14(12)15(18)24-28-23-11/h3-8,23H,9,19-20H2,1-2H3,(H2,18,24)(H,21,26)/b22-13-. The van der Waals surface area contributed by atoms with Crippen LogP contribution in [0.3, 0.4) is 0 Å². The van der Waals surface area contributed by atoms with Crippen LogP contribution >= 0.6 is 12.1 Å². The molecule has 3 rings (SSSR count). The summed E-state index contributed by atoms with van der Waals surface area (Å²) in [6.07, 6.45) is 1.51. The summed E-state index contributed by atoms with van der Waals surface area (Å²) in [5.41, 5.74) is 7.51. The summed E-state index contributed by atoms with van der Waals surface area (Å²) in [5, 5.41) is 6.46. The van der Waals surface area contributed by atoms with Gasteiger partial charge in [0.05, 0.1) is 28.9 Å². The molecule has 0 saturated carbocycles. The SMILES string of the molecule is CC(C)(COc1cccc2c1C(N)=NSN2)NC(=O)c1ccn(N)/c(=N\N)c1.